The monoisotopic (exact) mass is 354 g/mol. The van der Waals surface area contributed by atoms with Crippen LogP contribution in [0.2, 0.25) is 0 Å². The smallest absolute Gasteiger partial charge is 0.407 e. The number of nitrogens with one attached hydrogen (secondary N) is 1. The number of thiophene rings is 1. The van der Waals surface area contributed by atoms with Crippen molar-refractivity contribution in [3.05, 3.63) is 52.2 Å². The highest BCUT2D eigenvalue weighted by Crippen LogP contribution is 2.36. The topological polar surface area (TPSA) is 106 Å². The molecule has 3 heterocycles. The molecule has 126 valence electrons. The summed E-state index contributed by atoms with van der Waals surface area (Å²) in [6, 6.07) is 5.71. The minimum atomic E-state index is -0.984. The van der Waals surface area contributed by atoms with E-state index in [1.165, 1.54) is 22.3 Å². The maximum absolute atomic E-state index is 12.1. The molecule has 0 radical (unpaired) electrons. The third kappa shape index (κ3) is 3.67. The molecule has 1 aliphatic rings. The van der Waals surface area contributed by atoms with Crippen LogP contribution in [-0.4, -0.2) is 33.5 Å². The van der Waals surface area contributed by atoms with Crippen molar-refractivity contribution in [1.82, 2.24) is 9.88 Å². The first kappa shape index (κ1) is 16.7. The van der Waals surface area contributed by atoms with Crippen molar-refractivity contribution in [2.24, 2.45) is 0 Å². The first-order valence-electron chi connectivity index (χ1n) is 7.50. The lowest BCUT2D eigenvalue weighted by Crippen LogP contribution is -2.34. The molecule has 0 aliphatic carbocycles. The van der Waals surface area contributed by atoms with Crippen molar-refractivity contribution in [2.45, 2.75) is 13.0 Å². The van der Waals surface area contributed by atoms with E-state index in [9.17, 15) is 14.9 Å². The first-order valence-corrected chi connectivity index (χ1v) is 8.31. The Bertz CT molecular complexity index is 883. The largest absolute Gasteiger partial charge is 0.465 e. The average molecular weight is 354 g/mol. The van der Waals surface area contributed by atoms with E-state index in [-0.39, 0.29) is 12.5 Å². The highest BCUT2D eigenvalue weighted by atomic mass is 32.1. The second-order valence-corrected chi connectivity index (χ2v) is 6.49. The van der Waals surface area contributed by atoms with Gasteiger partial charge in [-0.15, -0.1) is 11.3 Å². The van der Waals surface area contributed by atoms with Crippen LogP contribution in [0.25, 0.3) is 6.08 Å². The molecule has 2 aromatic rings. The SMILES string of the molecule is N#Cc1c(NC(=O)C=Cc2cccnc2)sc2c1CCN(C(=O)O)C2. The molecule has 0 bridgehead atoms. The first-order chi connectivity index (χ1) is 12.1. The van der Waals surface area contributed by atoms with Crippen LogP contribution >= 0.6 is 11.3 Å². The van der Waals surface area contributed by atoms with Crippen LogP contribution in [0, 0.1) is 11.3 Å². The number of carbonyl (C=O) groups excluding carboxylic acids is 1. The number of anilines is 1. The van der Waals surface area contributed by atoms with Crippen LogP contribution < -0.4 is 5.32 Å². The molecule has 0 atom stereocenters. The molecule has 0 fully saturated rings. The van der Waals surface area contributed by atoms with Crippen LogP contribution in [-0.2, 0) is 17.8 Å². The summed E-state index contributed by atoms with van der Waals surface area (Å²) in [5.41, 5.74) is 2.05. The fraction of sp³-hybridized carbons (Fsp3) is 0.176. The van der Waals surface area contributed by atoms with E-state index in [0.29, 0.717) is 23.5 Å². The number of nitrogens with zero attached hydrogens (tertiary/aromatic N) is 3. The van der Waals surface area contributed by atoms with Crippen molar-refractivity contribution in [3.8, 4) is 6.07 Å². The van der Waals surface area contributed by atoms with Crippen LogP contribution in [0.3, 0.4) is 0 Å². The molecule has 2 aromatic heterocycles. The van der Waals surface area contributed by atoms with E-state index in [2.05, 4.69) is 16.4 Å². The fourth-order valence-corrected chi connectivity index (χ4v) is 3.79. The Labute approximate surface area is 147 Å². The molecule has 7 nitrogen and oxygen atoms in total. The highest BCUT2D eigenvalue weighted by Gasteiger charge is 2.27. The molecule has 3 rings (SSSR count). The van der Waals surface area contributed by atoms with E-state index in [1.807, 2.05) is 6.07 Å². The standard InChI is InChI=1S/C17H14N4O3S/c18-8-13-12-5-7-21(17(23)24)10-14(12)25-16(13)20-15(22)4-3-11-2-1-6-19-9-11/h1-4,6,9H,5,7,10H2,(H,20,22)(H,23,24). The number of amides is 2. The van der Waals surface area contributed by atoms with Crippen LogP contribution in [0.1, 0.15) is 21.6 Å². The Morgan fingerprint density at radius 3 is 3.00 bits per heavy atom. The molecule has 0 aromatic carbocycles. The predicted octanol–water partition coefficient (Wildman–Crippen LogP) is 2.70. The zero-order valence-electron chi connectivity index (χ0n) is 13.1. The molecular weight excluding hydrogens is 340 g/mol. The summed E-state index contributed by atoms with van der Waals surface area (Å²) in [6.45, 7) is 0.591. The Hall–Kier alpha value is -3.18. The second kappa shape index (κ2) is 7.15. The van der Waals surface area contributed by atoms with Crippen molar-refractivity contribution in [3.63, 3.8) is 0 Å². The number of aromatic nitrogens is 1. The molecular formula is C17H14N4O3S. The van der Waals surface area contributed by atoms with Gasteiger partial charge in [0.05, 0.1) is 12.1 Å². The van der Waals surface area contributed by atoms with Gasteiger partial charge < -0.3 is 15.3 Å². The maximum atomic E-state index is 12.1. The van der Waals surface area contributed by atoms with Crippen molar-refractivity contribution in [1.29, 1.82) is 5.26 Å². The number of hydrogen-bond donors (Lipinski definition) is 2. The van der Waals surface area contributed by atoms with Crippen LogP contribution in [0.4, 0.5) is 9.80 Å². The van der Waals surface area contributed by atoms with Gasteiger partial charge in [-0.3, -0.25) is 9.78 Å². The fourth-order valence-electron chi connectivity index (χ4n) is 2.57. The van der Waals surface area contributed by atoms with Gasteiger partial charge in [0, 0.05) is 29.9 Å². The van der Waals surface area contributed by atoms with Gasteiger partial charge in [0.2, 0.25) is 5.91 Å². The zero-order chi connectivity index (χ0) is 17.8. The Morgan fingerprint density at radius 1 is 1.48 bits per heavy atom. The third-order valence-corrected chi connectivity index (χ3v) is 4.92. The predicted molar refractivity (Wildman–Crippen MR) is 93.1 cm³/mol. The molecule has 0 saturated heterocycles. The summed E-state index contributed by atoms with van der Waals surface area (Å²) >= 11 is 1.25. The Balaban J connectivity index is 1.77. The summed E-state index contributed by atoms with van der Waals surface area (Å²) in [5, 5.41) is 21.7. The number of nitriles is 1. The summed E-state index contributed by atoms with van der Waals surface area (Å²) in [5.74, 6) is -0.353. The van der Waals surface area contributed by atoms with Gasteiger partial charge in [0.1, 0.15) is 11.1 Å². The third-order valence-electron chi connectivity index (χ3n) is 3.79. The minimum absolute atomic E-state index is 0.241. The molecule has 2 amide bonds. The Kier molecular flexibility index (Phi) is 4.77. The number of pyridine rings is 1. The van der Waals surface area contributed by atoms with E-state index in [4.69, 9.17) is 5.11 Å². The molecule has 1 aliphatic heterocycles. The van der Waals surface area contributed by atoms with E-state index >= 15 is 0 Å². The van der Waals surface area contributed by atoms with E-state index in [0.717, 1.165) is 16.0 Å². The highest BCUT2D eigenvalue weighted by molar-refractivity contribution is 7.16. The number of rotatable bonds is 3. The number of carbonyl (C=O) groups is 2. The molecule has 25 heavy (non-hydrogen) atoms. The van der Waals surface area contributed by atoms with Gasteiger partial charge in [0.25, 0.3) is 0 Å². The molecule has 0 unspecified atom stereocenters. The quantitative estimate of drug-likeness (QED) is 0.824. The minimum Gasteiger partial charge on any atom is -0.465 e. The van der Waals surface area contributed by atoms with Crippen molar-refractivity contribution >= 4 is 34.4 Å². The number of carboxylic acid groups (broad SMARTS) is 1. The summed E-state index contributed by atoms with van der Waals surface area (Å²) < 4.78 is 0. The van der Waals surface area contributed by atoms with Gasteiger partial charge in [-0.25, -0.2) is 4.79 Å². The van der Waals surface area contributed by atoms with Crippen LogP contribution in [0.5, 0.6) is 0 Å². The Morgan fingerprint density at radius 2 is 2.32 bits per heavy atom. The summed E-state index contributed by atoms with van der Waals surface area (Å²) in [6.07, 6.45) is 5.78. The summed E-state index contributed by atoms with van der Waals surface area (Å²) in [7, 11) is 0. The second-order valence-electron chi connectivity index (χ2n) is 5.38. The lowest BCUT2D eigenvalue weighted by Gasteiger charge is -2.23. The number of hydrogen-bond acceptors (Lipinski definition) is 5. The maximum Gasteiger partial charge on any atom is 0.407 e. The van der Waals surface area contributed by atoms with Gasteiger partial charge in [0.15, 0.2) is 0 Å². The zero-order valence-corrected chi connectivity index (χ0v) is 13.9. The van der Waals surface area contributed by atoms with E-state index < -0.39 is 6.09 Å². The van der Waals surface area contributed by atoms with Crippen LogP contribution in [0.15, 0.2) is 30.6 Å². The van der Waals surface area contributed by atoms with E-state index in [1.54, 1.807) is 24.5 Å². The molecule has 0 saturated carbocycles. The summed E-state index contributed by atoms with van der Waals surface area (Å²) in [4.78, 5) is 29.3. The van der Waals surface area contributed by atoms with Gasteiger partial charge >= 0.3 is 6.09 Å². The lowest BCUT2D eigenvalue weighted by atomic mass is 10.0. The molecule has 0 spiro atoms. The normalized spacial score (nSPS) is 13.3. The van der Waals surface area contributed by atoms with Gasteiger partial charge in [-0.1, -0.05) is 6.07 Å². The van der Waals surface area contributed by atoms with Gasteiger partial charge in [-0.05, 0) is 29.7 Å². The molecule has 8 heteroatoms. The molecule has 2 N–H and O–H groups in total. The lowest BCUT2D eigenvalue weighted by molar-refractivity contribution is -0.111. The van der Waals surface area contributed by atoms with Crippen molar-refractivity contribution in [2.75, 3.05) is 11.9 Å². The van der Waals surface area contributed by atoms with Gasteiger partial charge in [-0.2, -0.15) is 5.26 Å². The number of fused-ring (bicyclic) bond motifs is 1. The van der Waals surface area contributed by atoms with Crippen molar-refractivity contribution < 1.29 is 14.7 Å². The average Bonchev–Trinajstić information content (AvgIpc) is 2.96.